The lowest BCUT2D eigenvalue weighted by atomic mass is 9.98. The topological polar surface area (TPSA) is 151 Å². The number of phenols is 2. The normalized spacial score (nSPS) is 15.8. The minimum Gasteiger partial charge on any atom is -0.504 e. The predicted octanol–water partition coefficient (Wildman–Crippen LogP) is 8.91. The predicted molar refractivity (Wildman–Crippen MR) is 238 cm³/mol. The van der Waals surface area contributed by atoms with Crippen LogP contribution in [0.3, 0.4) is 0 Å². The van der Waals surface area contributed by atoms with Crippen molar-refractivity contribution in [2.24, 2.45) is 0 Å². The number of hydrogen-bond acceptors (Lipinski definition) is 11. The van der Waals surface area contributed by atoms with Crippen LogP contribution in [0.25, 0.3) is 0 Å². The fourth-order valence-corrected chi connectivity index (χ4v) is 8.55. The number of methoxy groups -OCH3 is 2. The van der Waals surface area contributed by atoms with Gasteiger partial charge in [-0.1, -0.05) is 115 Å². The molecule has 0 bridgehead atoms. The van der Waals surface area contributed by atoms with Gasteiger partial charge in [0, 0.05) is 19.6 Å². The Morgan fingerprint density at radius 2 is 1.10 bits per heavy atom. The Labute approximate surface area is 367 Å². The van der Waals surface area contributed by atoms with E-state index in [0.717, 1.165) is 22.3 Å². The highest BCUT2D eigenvalue weighted by molar-refractivity contribution is 7.53. The zero-order valence-corrected chi connectivity index (χ0v) is 36.1. The van der Waals surface area contributed by atoms with Gasteiger partial charge in [0.05, 0.1) is 46.1 Å². The number of aromatic hydroxyl groups is 2. The molecule has 14 heteroatoms. The molecule has 0 aromatic heterocycles. The summed E-state index contributed by atoms with van der Waals surface area (Å²) < 4.78 is 42.7. The molecule has 1 fully saturated rings. The van der Waals surface area contributed by atoms with Crippen LogP contribution in [0.1, 0.15) is 33.4 Å². The Balaban J connectivity index is 1.15. The molecule has 1 heterocycles. The maximum Gasteiger partial charge on any atom is 0.368 e. The number of aliphatic hydroxyl groups excluding tert-OH is 1. The van der Waals surface area contributed by atoms with Crippen LogP contribution in [-0.4, -0.2) is 75.5 Å². The van der Waals surface area contributed by atoms with Crippen molar-refractivity contribution in [1.82, 2.24) is 14.9 Å². The Hall–Kier alpha value is -6.34. The summed E-state index contributed by atoms with van der Waals surface area (Å²) in [7, 11) is -0.827. The van der Waals surface area contributed by atoms with Crippen molar-refractivity contribution in [3.05, 3.63) is 185 Å². The van der Waals surface area contributed by atoms with E-state index in [2.05, 4.69) is 0 Å². The number of ether oxygens (including phenoxy) is 3. The number of hydrazine groups is 1. The first kappa shape index (κ1) is 44.7. The molecule has 0 aliphatic carbocycles. The molecule has 6 aromatic rings. The van der Waals surface area contributed by atoms with Crippen LogP contribution >= 0.6 is 7.60 Å². The van der Waals surface area contributed by atoms with E-state index in [1.54, 1.807) is 46.3 Å². The van der Waals surface area contributed by atoms with E-state index in [1.807, 2.05) is 108 Å². The van der Waals surface area contributed by atoms with Gasteiger partial charge in [0.2, 0.25) is 0 Å². The minimum atomic E-state index is -3.75. The summed E-state index contributed by atoms with van der Waals surface area (Å²) in [6.07, 6.45) is -1.09. The van der Waals surface area contributed by atoms with E-state index < -0.39 is 19.7 Å². The van der Waals surface area contributed by atoms with Gasteiger partial charge in [-0.05, 0) is 76.2 Å². The van der Waals surface area contributed by atoms with Crippen LogP contribution in [0.15, 0.2) is 152 Å². The Kier molecular flexibility index (Phi) is 15.0. The molecule has 0 saturated carbocycles. The van der Waals surface area contributed by atoms with Crippen LogP contribution in [-0.2, 0) is 52.9 Å². The number of carbonyl (C=O) groups excluding carboxylic acids is 1. The Morgan fingerprint density at radius 3 is 1.62 bits per heavy atom. The minimum absolute atomic E-state index is 0.0267. The molecule has 328 valence electrons. The van der Waals surface area contributed by atoms with Crippen molar-refractivity contribution >= 4 is 13.6 Å². The first-order chi connectivity index (χ1) is 30.6. The molecule has 1 aliphatic rings. The molecule has 2 unspecified atom stereocenters. The molecule has 3 N–H and O–H groups in total. The lowest BCUT2D eigenvalue weighted by molar-refractivity contribution is -0.0213. The highest BCUT2D eigenvalue weighted by Crippen LogP contribution is 2.50. The van der Waals surface area contributed by atoms with E-state index in [1.165, 1.54) is 26.4 Å². The van der Waals surface area contributed by atoms with Gasteiger partial charge in [0.25, 0.3) is 0 Å². The molecule has 1 saturated heterocycles. The van der Waals surface area contributed by atoms with E-state index in [9.17, 15) is 19.9 Å². The molecule has 13 nitrogen and oxygen atoms in total. The average Bonchev–Trinajstić information content (AvgIpc) is 3.39. The number of nitrogens with zero attached hydrogens (tertiary/aromatic N) is 3. The summed E-state index contributed by atoms with van der Waals surface area (Å²) >= 11 is 0. The lowest BCUT2D eigenvalue weighted by Crippen LogP contribution is -2.51. The molecular weight excluding hydrogens is 822 g/mol. The van der Waals surface area contributed by atoms with Gasteiger partial charge in [-0.2, -0.15) is 0 Å². The van der Waals surface area contributed by atoms with Crippen LogP contribution in [0.5, 0.6) is 28.7 Å². The van der Waals surface area contributed by atoms with E-state index in [0.29, 0.717) is 23.4 Å². The van der Waals surface area contributed by atoms with Crippen molar-refractivity contribution in [3.63, 3.8) is 0 Å². The summed E-state index contributed by atoms with van der Waals surface area (Å²) in [5.41, 5.74) is 4.81. The third-order valence-corrected chi connectivity index (χ3v) is 12.2. The van der Waals surface area contributed by atoms with Crippen LogP contribution < -0.4 is 14.2 Å². The maximum absolute atomic E-state index is 15.1. The van der Waals surface area contributed by atoms with Crippen molar-refractivity contribution in [3.8, 4) is 28.7 Å². The number of hydrogen-bond donors (Lipinski definition) is 3. The first-order valence-corrected chi connectivity index (χ1v) is 22.3. The SMILES string of the molecule is COc1cc(CN2C(=O)N(Cc3ccc(O)c(OC)c3)N(Cc3ccccc3)CC(O)C2Cc2ccc(OCP(=O)(OCc3ccccc3)OCc3ccccc3)cc2)ccc1O. The van der Waals surface area contributed by atoms with Gasteiger partial charge in [0.1, 0.15) is 5.75 Å². The number of benzene rings is 6. The van der Waals surface area contributed by atoms with Gasteiger partial charge >= 0.3 is 13.6 Å². The fourth-order valence-electron chi connectivity index (χ4n) is 7.33. The fraction of sp³-hybridized carbons (Fsp3) is 0.245. The van der Waals surface area contributed by atoms with Gasteiger partial charge in [-0.25, -0.2) is 9.80 Å². The van der Waals surface area contributed by atoms with Crippen molar-refractivity contribution in [2.45, 2.75) is 51.4 Å². The standard InChI is InChI=1S/C49H52N3O10P/c1-58-47-27-40(20-24-44(47)53)30-51-43(46(55)32-50(29-37-12-6-3-7-13-37)52(49(51)56)31-41-21-25-45(54)48(28-41)59-2)26-36-18-22-42(23-19-36)60-35-63(57,61-33-38-14-8-4-9-15-38)62-34-39-16-10-5-11-17-39/h3-25,27-28,43,46,53-55H,26,29-35H2,1-2H3. The van der Waals surface area contributed by atoms with Crippen LogP contribution in [0.4, 0.5) is 4.79 Å². The van der Waals surface area contributed by atoms with Gasteiger partial charge < -0.3 is 43.5 Å². The maximum atomic E-state index is 15.1. The number of amides is 2. The van der Waals surface area contributed by atoms with Gasteiger partial charge in [-0.15, -0.1) is 0 Å². The van der Waals surface area contributed by atoms with E-state index >= 15 is 4.79 Å². The summed E-state index contributed by atoms with van der Waals surface area (Å²) in [5.74, 6) is 0.884. The van der Waals surface area contributed by atoms with Crippen molar-refractivity contribution in [2.75, 3.05) is 27.1 Å². The highest BCUT2D eigenvalue weighted by Gasteiger charge is 2.40. The van der Waals surface area contributed by atoms with Crippen molar-refractivity contribution < 1.29 is 47.9 Å². The number of β-amino-alcohol motifs (C(OH)–C–C–N with tert-alkyl or cyclic N) is 1. The Bertz CT molecular complexity index is 2400. The molecule has 0 spiro atoms. The molecular formula is C49H52N3O10P. The Morgan fingerprint density at radius 1 is 0.603 bits per heavy atom. The van der Waals surface area contributed by atoms with Crippen molar-refractivity contribution in [1.29, 1.82) is 0 Å². The molecule has 6 aromatic carbocycles. The molecule has 7 rings (SSSR count). The monoisotopic (exact) mass is 873 g/mol. The zero-order chi connectivity index (χ0) is 44.2. The van der Waals surface area contributed by atoms with Gasteiger partial charge in [0.15, 0.2) is 29.3 Å². The third-order valence-electron chi connectivity index (χ3n) is 10.7. The molecule has 0 radical (unpaired) electrons. The summed E-state index contributed by atoms with van der Waals surface area (Å²) in [5, 5.41) is 36.4. The smallest absolute Gasteiger partial charge is 0.368 e. The lowest BCUT2D eigenvalue weighted by Gasteiger charge is -2.36. The number of phenolic OH excluding ortho intramolecular Hbond substituents is 2. The quantitative estimate of drug-likeness (QED) is 0.0670. The van der Waals surface area contributed by atoms with Crippen LogP contribution in [0, 0.1) is 0 Å². The molecule has 2 atom stereocenters. The first-order valence-electron chi connectivity index (χ1n) is 20.5. The third kappa shape index (κ3) is 12.0. The van der Waals surface area contributed by atoms with E-state index in [-0.39, 0.29) is 74.6 Å². The number of carbonyl (C=O) groups is 1. The largest absolute Gasteiger partial charge is 0.504 e. The molecule has 1 aliphatic heterocycles. The zero-order valence-electron chi connectivity index (χ0n) is 35.2. The summed E-state index contributed by atoms with van der Waals surface area (Å²) in [4.78, 5) is 16.8. The molecule has 63 heavy (non-hydrogen) atoms. The van der Waals surface area contributed by atoms with E-state index in [4.69, 9.17) is 23.3 Å². The van der Waals surface area contributed by atoms with Crippen LogP contribution in [0.2, 0.25) is 0 Å². The number of aliphatic hydroxyl groups is 1. The summed E-state index contributed by atoms with van der Waals surface area (Å²) in [6.45, 7) is 0.777. The van der Waals surface area contributed by atoms with Gasteiger partial charge in [-0.3, -0.25) is 9.57 Å². The second-order valence-corrected chi connectivity index (χ2v) is 17.2. The second-order valence-electron chi connectivity index (χ2n) is 15.2. The average molecular weight is 874 g/mol. The second kappa shape index (κ2) is 21.2. The molecule has 2 amide bonds. The highest BCUT2D eigenvalue weighted by atomic mass is 31.2. The number of urea groups is 1. The summed E-state index contributed by atoms with van der Waals surface area (Å²) in [6, 6.07) is 44.5. The number of rotatable bonds is 19.